The van der Waals surface area contributed by atoms with Gasteiger partial charge in [-0.05, 0) is 73.3 Å². The second kappa shape index (κ2) is 31.9. The van der Waals surface area contributed by atoms with Crippen LogP contribution in [-0.4, -0.2) is 37.2 Å². The van der Waals surface area contributed by atoms with Crippen LogP contribution in [0.25, 0.3) is 11.1 Å². The highest BCUT2D eigenvalue weighted by Crippen LogP contribution is 2.49. The average molecular weight is 833 g/mol. The van der Waals surface area contributed by atoms with Crippen molar-refractivity contribution >= 4 is 11.8 Å². The Labute approximate surface area is 367 Å². The Bertz CT molecular complexity index is 1460. The first-order chi connectivity index (χ1) is 29.3. The van der Waals surface area contributed by atoms with E-state index in [1.54, 1.807) is 14.2 Å². The molecule has 0 fully saturated rings. The molecule has 0 spiro atoms. The molecule has 2 aromatic carbocycles. The number of ketones is 1. The van der Waals surface area contributed by atoms with E-state index in [0.29, 0.717) is 42.9 Å². The van der Waals surface area contributed by atoms with Crippen LogP contribution >= 0.6 is 0 Å². The van der Waals surface area contributed by atoms with Gasteiger partial charge in [0.2, 0.25) is 5.75 Å². The molecule has 2 aromatic rings. The van der Waals surface area contributed by atoms with Gasteiger partial charge in [-0.3, -0.25) is 9.59 Å². The number of esters is 1. The number of aryl methyl sites for hydroxylation is 2. The Morgan fingerprint density at radius 3 is 1.70 bits per heavy atom. The van der Waals surface area contributed by atoms with Gasteiger partial charge in [-0.25, -0.2) is 0 Å². The number of Topliss-reactive ketones (excluding diaryl/α,β-unsaturated/α-hetero) is 1. The van der Waals surface area contributed by atoms with Gasteiger partial charge in [-0.2, -0.15) is 0 Å². The van der Waals surface area contributed by atoms with Crippen molar-refractivity contribution in [1.29, 1.82) is 0 Å². The smallest absolute Gasteiger partial charge is 0.314 e. The van der Waals surface area contributed by atoms with Crippen LogP contribution in [0.1, 0.15) is 230 Å². The van der Waals surface area contributed by atoms with Crippen LogP contribution in [0.4, 0.5) is 0 Å². The quantitative estimate of drug-likeness (QED) is 0.0449. The molecule has 60 heavy (non-hydrogen) atoms. The number of methoxy groups -OCH3 is 2. The number of rotatable bonds is 32. The fourth-order valence-corrected chi connectivity index (χ4v) is 8.99. The van der Waals surface area contributed by atoms with Gasteiger partial charge in [-0.15, -0.1) is 0 Å². The summed E-state index contributed by atoms with van der Waals surface area (Å²) in [6, 6.07) is 8.48. The molecule has 6 nitrogen and oxygen atoms in total. The summed E-state index contributed by atoms with van der Waals surface area (Å²) in [6.45, 7) is 6.51. The maximum Gasteiger partial charge on any atom is 0.314 e. The normalized spacial score (nSPS) is 14.8. The first-order valence-corrected chi connectivity index (χ1v) is 25.1. The van der Waals surface area contributed by atoms with Crippen LogP contribution in [-0.2, 0) is 28.9 Å². The van der Waals surface area contributed by atoms with Crippen molar-refractivity contribution in [2.75, 3.05) is 14.2 Å². The maximum absolute atomic E-state index is 13.7. The molecule has 1 aliphatic carbocycles. The minimum absolute atomic E-state index is 0.236. The molecule has 0 saturated carbocycles. The molecule has 0 aromatic heterocycles. The van der Waals surface area contributed by atoms with E-state index >= 15 is 0 Å². The molecular weight excluding hydrogens is 745 g/mol. The Morgan fingerprint density at radius 1 is 0.617 bits per heavy atom. The predicted molar refractivity (Wildman–Crippen MR) is 252 cm³/mol. The Hall–Kier alpha value is -2.86. The molecule has 0 radical (unpaired) electrons. The van der Waals surface area contributed by atoms with Crippen molar-refractivity contribution < 1.29 is 28.9 Å². The zero-order valence-corrected chi connectivity index (χ0v) is 39.3. The zero-order chi connectivity index (χ0) is 43.2. The summed E-state index contributed by atoms with van der Waals surface area (Å²) in [4.78, 5) is 27.2. The molecule has 1 N–H and O–H groups in total. The third-order valence-electron chi connectivity index (χ3n) is 12.9. The number of hydrogen-bond acceptors (Lipinski definition) is 6. The summed E-state index contributed by atoms with van der Waals surface area (Å²) in [5.41, 5.74) is 4.76. The maximum atomic E-state index is 13.7. The van der Waals surface area contributed by atoms with Crippen LogP contribution in [0.5, 0.6) is 17.2 Å². The van der Waals surface area contributed by atoms with Gasteiger partial charge in [0.25, 0.3) is 0 Å². The van der Waals surface area contributed by atoms with Gasteiger partial charge >= 0.3 is 5.97 Å². The number of carbonyl (C=O) groups excluding carboxylic acids is 2. The molecule has 3 rings (SSSR count). The fourth-order valence-electron chi connectivity index (χ4n) is 8.99. The highest BCUT2D eigenvalue weighted by molar-refractivity contribution is 5.87. The van der Waals surface area contributed by atoms with E-state index in [0.717, 1.165) is 85.6 Å². The number of unbranched alkanes of at least 4 members (excludes halogenated alkanes) is 22. The van der Waals surface area contributed by atoms with Gasteiger partial charge in [-0.1, -0.05) is 193 Å². The topological polar surface area (TPSA) is 82.1 Å². The van der Waals surface area contributed by atoms with Crippen molar-refractivity contribution in [3.05, 3.63) is 41.0 Å². The highest BCUT2D eigenvalue weighted by atomic mass is 16.6. The summed E-state index contributed by atoms with van der Waals surface area (Å²) < 4.78 is 18.5. The molecule has 4 bridgehead atoms. The zero-order valence-electron chi connectivity index (χ0n) is 39.3. The number of carbonyl (C=O) groups is 2. The van der Waals surface area contributed by atoms with Crippen molar-refractivity contribution in [2.24, 2.45) is 5.92 Å². The van der Waals surface area contributed by atoms with E-state index in [4.69, 9.17) is 14.2 Å². The summed E-state index contributed by atoms with van der Waals surface area (Å²) >= 11 is 0. The number of ether oxygens (including phenoxy) is 3. The molecule has 2 atom stereocenters. The third kappa shape index (κ3) is 19.9. The molecule has 0 aliphatic heterocycles. The molecule has 6 heteroatoms. The second-order valence-corrected chi connectivity index (χ2v) is 18.3. The van der Waals surface area contributed by atoms with Crippen LogP contribution in [0.15, 0.2) is 24.3 Å². The fraction of sp³-hybridized carbons (Fsp3) is 0.741. The lowest BCUT2D eigenvalue weighted by molar-refractivity contribution is -0.138. The Balaban J connectivity index is 1.67. The van der Waals surface area contributed by atoms with E-state index < -0.39 is 0 Å². The van der Waals surface area contributed by atoms with Crippen LogP contribution < -0.4 is 14.2 Å². The average Bonchev–Trinajstić information content (AvgIpc) is 3.25. The standard InChI is InChI=1S/C54H88O6/c1-6-8-10-12-14-16-18-19-21-23-25-27-29-35-48(56)41-45-38-36-44-37-39-47(55)34-31-30-33-46-42-50(49(45)40-44)52(58-4)53(59-5)51(46)60-54(57)43(3)32-28-26-24-22-20-17-15-13-11-9-7-2/h36,38,40,42-43,47,55H,6-35,37,39,41H2,1-5H3/t43?,47-/m0/s1. The van der Waals surface area contributed by atoms with Crippen molar-refractivity contribution in [3.63, 3.8) is 0 Å². The van der Waals surface area contributed by atoms with Crippen LogP contribution in [0, 0.1) is 5.92 Å². The van der Waals surface area contributed by atoms with Gasteiger partial charge in [0.15, 0.2) is 11.5 Å². The molecule has 0 amide bonds. The highest BCUT2D eigenvalue weighted by Gasteiger charge is 2.27. The summed E-state index contributed by atoms with van der Waals surface area (Å²) in [5.74, 6) is 1.14. The molecular formula is C54H88O6. The first-order valence-electron chi connectivity index (χ1n) is 25.1. The van der Waals surface area contributed by atoms with E-state index in [-0.39, 0.29) is 23.8 Å². The number of aliphatic hydroxyl groups excluding tert-OH is 1. The van der Waals surface area contributed by atoms with Gasteiger partial charge in [0.05, 0.1) is 26.2 Å². The molecule has 0 saturated heterocycles. The number of hydrogen-bond donors (Lipinski definition) is 1. The number of fused-ring (bicyclic) bond motifs is 5. The Kier molecular flexibility index (Phi) is 27.4. The lowest BCUT2D eigenvalue weighted by atomic mass is 9.90. The predicted octanol–water partition coefficient (Wildman–Crippen LogP) is 15.2. The summed E-state index contributed by atoms with van der Waals surface area (Å²) in [5, 5.41) is 10.9. The largest absolute Gasteiger partial charge is 0.492 e. The van der Waals surface area contributed by atoms with Crippen molar-refractivity contribution in [2.45, 2.75) is 239 Å². The second-order valence-electron chi connectivity index (χ2n) is 18.3. The van der Waals surface area contributed by atoms with E-state index in [9.17, 15) is 14.7 Å². The summed E-state index contributed by atoms with van der Waals surface area (Å²) in [6.07, 6.45) is 36.7. The lowest BCUT2D eigenvalue weighted by Gasteiger charge is -2.22. The molecule has 0 heterocycles. The van der Waals surface area contributed by atoms with Gasteiger partial charge in [0, 0.05) is 18.4 Å². The molecule has 1 aliphatic rings. The lowest BCUT2D eigenvalue weighted by Crippen LogP contribution is -2.19. The van der Waals surface area contributed by atoms with Gasteiger partial charge in [0.1, 0.15) is 5.78 Å². The minimum atomic E-state index is -0.378. The van der Waals surface area contributed by atoms with Crippen LogP contribution in [0.3, 0.4) is 0 Å². The SMILES string of the molecule is CCCCCCCCCCCCCCCC(=O)Cc1ccc2cc1-c1cc(c(OC(=O)C(C)CCCCCCCCCCCCC)c(OC)c1OC)CCCC[C@H](O)CC2. The monoisotopic (exact) mass is 833 g/mol. The van der Waals surface area contributed by atoms with E-state index in [1.807, 2.05) is 6.92 Å². The molecule has 1 unspecified atom stereocenters. The minimum Gasteiger partial charge on any atom is -0.492 e. The van der Waals surface area contributed by atoms with Gasteiger partial charge < -0.3 is 19.3 Å². The molecule has 340 valence electrons. The third-order valence-corrected chi connectivity index (χ3v) is 12.9. The Morgan fingerprint density at radius 2 is 1.15 bits per heavy atom. The van der Waals surface area contributed by atoms with Crippen molar-refractivity contribution in [1.82, 2.24) is 0 Å². The van der Waals surface area contributed by atoms with E-state index in [1.165, 1.54) is 128 Å². The summed E-state index contributed by atoms with van der Waals surface area (Å²) in [7, 11) is 3.24. The van der Waals surface area contributed by atoms with Crippen LogP contribution in [0.2, 0.25) is 0 Å². The van der Waals surface area contributed by atoms with Crippen molar-refractivity contribution in [3.8, 4) is 28.4 Å². The first kappa shape index (κ1) is 51.5. The number of aliphatic hydroxyl groups is 1. The van der Waals surface area contributed by atoms with E-state index in [2.05, 4.69) is 38.1 Å². The number of benzene rings is 2.